The van der Waals surface area contributed by atoms with Crippen molar-refractivity contribution in [2.45, 2.75) is 12.6 Å². The van der Waals surface area contributed by atoms with Crippen LogP contribution in [0, 0.1) is 5.82 Å². The Labute approximate surface area is 120 Å². The van der Waals surface area contributed by atoms with Gasteiger partial charge in [-0.1, -0.05) is 17.7 Å². The minimum absolute atomic E-state index is 0.240. The minimum atomic E-state index is -4.83. The molecule has 0 saturated heterocycles. The number of aromatic nitrogens is 2. The van der Waals surface area contributed by atoms with Crippen molar-refractivity contribution in [2.75, 3.05) is 5.73 Å². The molecule has 1 aromatic heterocycles. The molecule has 0 unspecified atom stereocenters. The van der Waals surface area contributed by atoms with E-state index in [0.29, 0.717) is 0 Å². The van der Waals surface area contributed by atoms with Gasteiger partial charge in [0.2, 0.25) is 5.95 Å². The fourth-order valence-corrected chi connectivity index (χ4v) is 1.97. The second-order valence-corrected chi connectivity index (χ2v) is 4.61. The lowest BCUT2D eigenvalue weighted by molar-refractivity contribution is -0.141. The maximum Gasteiger partial charge on any atom is 0.433 e. The first-order chi connectivity index (χ1) is 9.68. The van der Waals surface area contributed by atoms with Crippen molar-refractivity contribution in [2.24, 2.45) is 0 Å². The topological polar surface area (TPSA) is 71.8 Å². The lowest BCUT2D eigenvalue weighted by Gasteiger charge is -2.11. The van der Waals surface area contributed by atoms with Crippen molar-refractivity contribution in [3.05, 3.63) is 56.2 Å². The summed E-state index contributed by atoms with van der Waals surface area (Å²) in [7, 11) is 0. The molecule has 2 rings (SSSR count). The molecule has 0 radical (unpaired) electrons. The number of nitrogens with two attached hydrogens (primary N) is 1. The maximum absolute atomic E-state index is 13.0. The molecule has 1 aromatic carbocycles. The van der Waals surface area contributed by atoms with Gasteiger partial charge in [0.05, 0.1) is 10.6 Å². The minimum Gasteiger partial charge on any atom is -0.369 e. The molecule has 0 atom stereocenters. The number of hydrogen-bond acceptors (Lipinski definition) is 3. The van der Waals surface area contributed by atoms with E-state index in [0.717, 1.165) is 12.1 Å². The normalized spacial score (nSPS) is 11.7. The smallest absolute Gasteiger partial charge is 0.369 e. The first kappa shape index (κ1) is 15.3. The number of alkyl halides is 3. The Balaban J connectivity index is 2.53. The number of benzene rings is 1. The van der Waals surface area contributed by atoms with Crippen molar-refractivity contribution in [1.82, 2.24) is 9.97 Å². The summed E-state index contributed by atoms with van der Waals surface area (Å²) in [5.74, 6) is -1.34. The van der Waals surface area contributed by atoms with E-state index >= 15 is 0 Å². The zero-order valence-corrected chi connectivity index (χ0v) is 11.0. The van der Waals surface area contributed by atoms with Crippen LogP contribution >= 0.6 is 11.6 Å². The van der Waals surface area contributed by atoms with Crippen molar-refractivity contribution < 1.29 is 17.6 Å². The van der Waals surface area contributed by atoms with Crippen molar-refractivity contribution >= 4 is 17.5 Å². The Morgan fingerprint density at radius 2 is 2.00 bits per heavy atom. The molecule has 0 amide bonds. The molecule has 0 spiro atoms. The molecule has 0 aliphatic rings. The molecule has 1 heterocycles. The van der Waals surface area contributed by atoms with Crippen LogP contribution in [0.2, 0.25) is 5.02 Å². The van der Waals surface area contributed by atoms with Gasteiger partial charge in [-0.15, -0.1) is 0 Å². The zero-order chi connectivity index (χ0) is 15.8. The average molecular weight is 322 g/mol. The highest BCUT2D eigenvalue weighted by molar-refractivity contribution is 6.30. The summed E-state index contributed by atoms with van der Waals surface area (Å²) >= 11 is 5.56. The Bertz CT molecular complexity index is 742. The van der Waals surface area contributed by atoms with Crippen LogP contribution < -0.4 is 11.3 Å². The number of nitrogens with one attached hydrogen (secondary N) is 1. The molecule has 9 heteroatoms. The SMILES string of the molecule is Nc1nc(C(F)(F)F)c(Cc2ccc(F)c(Cl)c2)c(=O)[nH]1. The number of anilines is 1. The summed E-state index contributed by atoms with van der Waals surface area (Å²) in [5, 5.41) is -0.249. The van der Waals surface area contributed by atoms with Crippen LogP contribution in [-0.2, 0) is 12.6 Å². The van der Waals surface area contributed by atoms with Gasteiger partial charge in [-0.2, -0.15) is 13.2 Å². The zero-order valence-electron chi connectivity index (χ0n) is 10.3. The highest BCUT2D eigenvalue weighted by Gasteiger charge is 2.37. The van der Waals surface area contributed by atoms with Gasteiger partial charge in [-0.3, -0.25) is 9.78 Å². The molecule has 0 saturated carbocycles. The van der Waals surface area contributed by atoms with Crippen LogP contribution in [0.1, 0.15) is 16.8 Å². The number of aromatic amines is 1. The van der Waals surface area contributed by atoms with Gasteiger partial charge in [-0.05, 0) is 17.7 Å². The predicted molar refractivity (Wildman–Crippen MR) is 68.5 cm³/mol. The molecule has 0 fully saturated rings. The van der Waals surface area contributed by atoms with Gasteiger partial charge in [0.1, 0.15) is 5.82 Å². The van der Waals surface area contributed by atoms with Crippen LogP contribution in [0.25, 0.3) is 0 Å². The Hall–Kier alpha value is -2.09. The molecular weight excluding hydrogens is 314 g/mol. The molecule has 0 aliphatic carbocycles. The second-order valence-electron chi connectivity index (χ2n) is 4.20. The second kappa shape index (κ2) is 5.36. The van der Waals surface area contributed by atoms with Gasteiger partial charge in [0.25, 0.3) is 5.56 Å². The third-order valence-corrected chi connectivity index (χ3v) is 2.96. The predicted octanol–water partition coefficient (Wildman–Crippen LogP) is 2.75. The van der Waals surface area contributed by atoms with E-state index in [9.17, 15) is 22.4 Å². The van der Waals surface area contributed by atoms with Crippen LogP contribution in [0.3, 0.4) is 0 Å². The molecule has 0 bridgehead atoms. The third-order valence-electron chi connectivity index (χ3n) is 2.67. The quantitative estimate of drug-likeness (QED) is 0.835. The van der Waals surface area contributed by atoms with Crippen LogP contribution in [-0.4, -0.2) is 9.97 Å². The molecule has 0 aliphatic heterocycles. The van der Waals surface area contributed by atoms with E-state index < -0.39 is 41.2 Å². The van der Waals surface area contributed by atoms with Gasteiger partial charge < -0.3 is 5.73 Å². The van der Waals surface area contributed by atoms with Gasteiger partial charge in [0, 0.05) is 6.42 Å². The summed E-state index contributed by atoms with van der Waals surface area (Å²) in [6.45, 7) is 0. The first-order valence-electron chi connectivity index (χ1n) is 5.58. The van der Waals surface area contributed by atoms with Gasteiger partial charge >= 0.3 is 6.18 Å². The summed E-state index contributed by atoms with van der Waals surface area (Å²) in [6, 6.07) is 3.38. The third kappa shape index (κ3) is 3.33. The monoisotopic (exact) mass is 321 g/mol. The fourth-order valence-electron chi connectivity index (χ4n) is 1.77. The summed E-state index contributed by atoms with van der Waals surface area (Å²) in [5.41, 5.74) is 2.38. The molecule has 4 nitrogen and oxygen atoms in total. The molecule has 21 heavy (non-hydrogen) atoms. The molecular formula is C12H8ClF4N3O. The summed E-state index contributed by atoms with van der Waals surface area (Å²) in [4.78, 5) is 16.8. The van der Waals surface area contributed by atoms with E-state index in [2.05, 4.69) is 4.98 Å². The Kier molecular flexibility index (Phi) is 3.91. The van der Waals surface area contributed by atoms with Crippen LogP contribution in [0.4, 0.5) is 23.5 Å². The van der Waals surface area contributed by atoms with Crippen molar-refractivity contribution in [3.8, 4) is 0 Å². The molecule has 112 valence electrons. The lowest BCUT2D eigenvalue weighted by Crippen LogP contribution is -2.25. The van der Waals surface area contributed by atoms with Gasteiger partial charge in [0.15, 0.2) is 5.69 Å². The number of halogens is 5. The van der Waals surface area contributed by atoms with Crippen LogP contribution in [0.5, 0.6) is 0 Å². The lowest BCUT2D eigenvalue weighted by atomic mass is 10.0. The first-order valence-corrected chi connectivity index (χ1v) is 5.96. The van der Waals surface area contributed by atoms with Gasteiger partial charge in [-0.25, -0.2) is 9.37 Å². The number of rotatable bonds is 2. The Morgan fingerprint density at radius 3 is 2.57 bits per heavy atom. The van der Waals surface area contributed by atoms with E-state index in [-0.39, 0.29) is 10.6 Å². The van der Waals surface area contributed by atoms with E-state index in [1.165, 1.54) is 6.07 Å². The average Bonchev–Trinajstić information content (AvgIpc) is 2.35. The highest BCUT2D eigenvalue weighted by atomic mass is 35.5. The molecule has 3 N–H and O–H groups in total. The number of nitrogens with zero attached hydrogens (tertiary/aromatic N) is 1. The van der Waals surface area contributed by atoms with E-state index in [1.807, 2.05) is 4.98 Å². The summed E-state index contributed by atoms with van der Waals surface area (Å²) in [6.07, 6.45) is -5.24. The fraction of sp³-hybridized carbons (Fsp3) is 0.167. The number of nitrogen functional groups attached to an aromatic ring is 1. The number of H-pyrrole nitrogens is 1. The summed E-state index contributed by atoms with van der Waals surface area (Å²) < 4.78 is 51.7. The maximum atomic E-state index is 13.0. The Morgan fingerprint density at radius 1 is 1.33 bits per heavy atom. The van der Waals surface area contributed by atoms with Crippen molar-refractivity contribution in [1.29, 1.82) is 0 Å². The molecule has 2 aromatic rings. The van der Waals surface area contributed by atoms with Crippen molar-refractivity contribution in [3.63, 3.8) is 0 Å². The largest absolute Gasteiger partial charge is 0.433 e. The van der Waals surface area contributed by atoms with E-state index in [4.69, 9.17) is 17.3 Å². The highest BCUT2D eigenvalue weighted by Crippen LogP contribution is 2.30. The standard InChI is InChI=1S/C12H8ClF4N3O/c13-7-4-5(1-2-8(7)14)3-6-9(12(15,16)17)19-11(18)20-10(6)21/h1-2,4H,3H2,(H3,18,19,20,21). The van der Waals surface area contributed by atoms with Crippen LogP contribution in [0.15, 0.2) is 23.0 Å². The number of hydrogen-bond donors (Lipinski definition) is 2. The van der Waals surface area contributed by atoms with E-state index in [1.54, 1.807) is 0 Å².